The number of carbonyl (C=O) groups excluding carboxylic acids is 1. The number of ether oxygens (including phenoxy) is 1. The number of aromatic nitrogens is 2. The molecule has 0 saturated carbocycles. The molecule has 0 bridgehead atoms. The molecule has 0 aliphatic carbocycles. The van der Waals surface area contributed by atoms with E-state index in [9.17, 15) is 4.79 Å². The van der Waals surface area contributed by atoms with Crippen molar-refractivity contribution in [3.63, 3.8) is 0 Å². The highest BCUT2D eigenvalue weighted by Crippen LogP contribution is 2.22. The van der Waals surface area contributed by atoms with E-state index in [0.717, 1.165) is 16.9 Å². The van der Waals surface area contributed by atoms with Gasteiger partial charge < -0.3 is 20.5 Å². The number of hydrogen-bond acceptors (Lipinski definition) is 6. The Kier molecular flexibility index (Phi) is 5.96. The fourth-order valence-electron chi connectivity index (χ4n) is 2.46. The lowest BCUT2D eigenvalue weighted by Gasteiger charge is -2.08. The van der Waals surface area contributed by atoms with Crippen molar-refractivity contribution in [1.29, 1.82) is 0 Å². The molecule has 0 aliphatic rings. The number of nitrogens with one attached hydrogen (secondary N) is 2. The number of methoxy groups -OCH3 is 1. The summed E-state index contributed by atoms with van der Waals surface area (Å²) in [5.41, 5.74) is 3.07. The van der Waals surface area contributed by atoms with E-state index in [1.807, 2.05) is 30.3 Å². The molecule has 0 atom stereocenters. The van der Waals surface area contributed by atoms with Gasteiger partial charge in [-0.2, -0.15) is 0 Å². The maximum absolute atomic E-state index is 12.0. The maximum atomic E-state index is 12.0. The highest BCUT2D eigenvalue weighted by atomic mass is 16.5. The molecule has 3 rings (SSSR count). The molecule has 1 amide bonds. The first kappa shape index (κ1) is 18.3. The molecule has 0 aliphatic heterocycles. The smallest absolute Gasteiger partial charge is 0.251 e. The van der Waals surface area contributed by atoms with Gasteiger partial charge in [0.1, 0.15) is 5.75 Å². The van der Waals surface area contributed by atoms with Gasteiger partial charge in [0.05, 0.1) is 13.7 Å². The van der Waals surface area contributed by atoms with Gasteiger partial charge in [-0.15, -0.1) is 0 Å². The topological polar surface area (TPSA) is 96.4 Å². The Hall–Kier alpha value is -3.45. The summed E-state index contributed by atoms with van der Waals surface area (Å²) in [4.78, 5) is 20.6. The van der Waals surface area contributed by atoms with Crippen LogP contribution < -0.4 is 15.4 Å². The van der Waals surface area contributed by atoms with E-state index in [0.29, 0.717) is 17.2 Å². The third-order valence-electron chi connectivity index (χ3n) is 3.85. The van der Waals surface area contributed by atoms with Crippen LogP contribution in [0, 0.1) is 0 Å². The summed E-state index contributed by atoms with van der Waals surface area (Å²) < 4.78 is 5.16. The van der Waals surface area contributed by atoms with Gasteiger partial charge in [-0.3, -0.25) is 4.79 Å². The zero-order valence-corrected chi connectivity index (χ0v) is 14.8. The zero-order valence-electron chi connectivity index (χ0n) is 14.8. The van der Waals surface area contributed by atoms with Crippen LogP contribution in [0.1, 0.15) is 10.4 Å². The second kappa shape index (κ2) is 8.77. The maximum Gasteiger partial charge on any atom is 0.251 e. The molecular formula is C20H20N4O3. The number of rotatable bonds is 7. The number of amides is 1. The first-order valence-corrected chi connectivity index (χ1v) is 8.42. The third kappa shape index (κ3) is 4.80. The van der Waals surface area contributed by atoms with Crippen LogP contribution in [0.15, 0.2) is 60.9 Å². The number of aliphatic hydroxyl groups excluding tert-OH is 1. The molecular weight excluding hydrogens is 344 g/mol. The van der Waals surface area contributed by atoms with Crippen LogP contribution in [-0.4, -0.2) is 41.2 Å². The first-order chi connectivity index (χ1) is 13.2. The number of carbonyl (C=O) groups is 1. The molecule has 0 radical (unpaired) electrons. The molecule has 7 heteroatoms. The summed E-state index contributed by atoms with van der Waals surface area (Å²) in [6.07, 6.45) is 3.46. The van der Waals surface area contributed by atoms with Gasteiger partial charge >= 0.3 is 0 Å². The molecule has 0 unspecified atom stereocenters. The normalized spacial score (nSPS) is 10.3. The number of hydrogen-bond donors (Lipinski definition) is 3. The summed E-state index contributed by atoms with van der Waals surface area (Å²) >= 11 is 0. The Balaban J connectivity index is 1.70. The molecule has 2 aromatic carbocycles. The molecule has 1 heterocycles. The summed E-state index contributed by atoms with van der Waals surface area (Å²) in [5.74, 6) is 0.976. The standard InChI is InChI=1S/C20H20N4O3/c1-27-18-7-5-14(6-8-18)16-12-22-20(23-13-16)24-17-4-2-3-15(11-17)19(26)21-9-10-25/h2-8,11-13,25H,9-10H2,1H3,(H,21,26)(H,22,23,24). The highest BCUT2D eigenvalue weighted by molar-refractivity contribution is 5.95. The van der Waals surface area contributed by atoms with Gasteiger partial charge in [-0.25, -0.2) is 9.97 Å². The molecule has 7 nitrogen and oxygen atoms in total. The van der Waals surface area contributed by atoms with E-state index in [1.54, 1.807) is 37.7 Å². The fraction of sp³-hybridized carbons (Fsp3) is 0.150. The van der Waals surface area contributed by atoms with Gasteiger partial charge in [0.25, 0.3) is 5.91 Å². The van der Waals surface area contributed by atoms with Crippen LogP contribution in [0.5, 0.6) is 5.75 Å². The summed E-state index contributed by atoms with van der Waals surface area (Å²) in [6, 6.07) is 14.6. The first-order valence-electron chi connectivity index (χ1n) is 8.42. The second-order valence-corrected chi connectivity index (χ2v) is 5.71. The molecule has 3 aromatic rings. The quantitative estimate of drug-likeness (QED) is 0.596. The molecule has 0 spiro atoms. The van der Waals surface area contributed by atoms with Crippen LogP contribution in [0.3, 0.4) is 0 Å². The number of nitrogens with zero attached hydrogens (tertiary/aromatic N) is 2. The molecule has 138 valence electrons. The molecule has 3 N–H and O–H groups in total. The Morgan fingerprint density at radius 2 is 1.81 bits per heavy atom. The minimum absolute atomic E-state index is 0.0991. The van der Waals surface area contributed by atoms with Crippen molar-refractivity contribution in [2.75, 3.05) is 25.6 Å². The predicted molar refractivity (Wildman–Crippen MR) is 103 cm³/mol. The van der Waals surface area contributed by atoms with Crippen LogP contribution in [-0.2, 0) is 0 Å². The lowest BCUT2D eigenvalue weighted by atomic mass is 10.1. The summed E-state index contributed by atoms with van der Waals surface area (Å²) in [7, 11) is 1.63. The van der Waals surface area contributed by atoms with Crippen molar-refractivity contribution in [2.24, 2.45) is 0 Å². The number of aliphatic hydroxyl groups is 1. The van der Waals surface area contributed by atoms with E-state index >= 15 is 0 Å². The highest BCUT2D eigenvalue weighted by Gasteiger charge is 2.07. The number of anilines is 2. The van der Waals surface area contributed by atoms with Crippen LogP contribution in [0.4, 0.5) is 11.6 Å². The van der Waals surface area contributed by atoms with E-state index in [2.05, 4.69) is 20.6 Å². The van der Waals surface area contributed by atoms with Gasteiger partial charge in [0, 0.05) is 35.8 Å². The van der Waals surface area contributed by atoms with Crippen molar-refractivity contribution in [3.8, 4) is 16.9 Å². The SMILES string of the molecule is COc1ccc(-c2cnc(Nc3cccc(C(=O)NCCO)c3)nc2)cc1. The van der Waals surface area contributed by atoms with Gasteiger partial charge in [-0.1, -0.05) is 18.2 Å². The van der Waals surface area contributed by atoms with E-state index < -0.39 is 0 Å². The Labute approximate surface area is 157 Å². The predicted octanol–water partition coefficient (Wildman–Crippen LogP) is 2.62. The van der Waals surface area contributed by atoms with E-state index in [-0.39, 0.29) is 19.1 Å². The lowest BCUT2D eigenvalue weighted by molar-refractivity contribution is 0.0945. The average Bonchev–Trinajstić information content (AvgIpc) is 2.73. The van der Waals surface area contributed by atoms with Crippen molar-refractivity contribution in [3.05, 3.63) is 66.5 Å². The lowest BCUT2D eigenvalue weighted by Crippen LogP contribution is -2.26. The fourth-order valence-corrected chi connectivity index (χ4v) is 2.46. The third-order valence-corrected chi connectivity index (χ3v) is 3.85. The average molecular weight is 364 g/mol. The van der Waals surface area contributed by atoms with Crippen molar-refractivity contribution in [1.82, 2.24) is 15.3 Å². The Morgan fingerprint density at radius 1 is 1.07 bits per heavy atom. The molecule has 1 aromatic heterocycles. The summed E-state index contributed by atoms with van der Waals surface area (Å²) in [5, 5.41) is 14.5. The van der Waals surface area contributed by atoms with E-state index in [4.69, 9.17) is 9.84 Å². The molecule has 0 saturated heterocycles. The summed E-state index contributed by atoms with van der Waals surface area (Å²) in [6.45, 7) is 0.116. The minimum atomic E-state index is -0.247. The van der Waals surface area contributed by atoms with Crippen molar-refractivity contribution >= 4 is 17.5 Å². The van der Waals surface area contributed by atoms with Crippen molar-refractivity contribution < 1.29 is 14.6 Å². The van der Waals surface area contributed by atoms with Crippen LogP contribution in [0.25, 0.3) is 11.1 Å². The number of benzene rings is 2. The molecule has 0 fully saturated rings. The second-order valence-electron chi connectivity index (χ2n) is 5.71. The van der Waals surface area contributed by atoms with Gasteiger partial charge in [-0.05, 0) is 35.9 Å². The van der Waals surface area contributed by atoms with Crippen molar-refractivity contribution in [2.45, 2.75) is 0 Å². The monoisotopic (exact) mass is 364 g/mol. The molecule has 27 heavy (non-hydrogen) atoms. The Morgan fingerprint density at radius 3 is 2.48 bits per heavy atom. The van der Waals surface area contributed by atoms with E-state index in [1.165, 1.54) is 0 Å². The zero-order chi connectivity index (χ0) is 19.1. The van der Waals surface area contributed by atoms with Gasteiger partial charge in [0.15, 0.2) is 0 Å². The Bertz CT molecular complexity index is 896. The van der Waals surface area contributed by atoms with Gasteiger partial charge in [0.2, 0.25) is 5.95 Å². The van der Waals surface area contributed by atoms with Crippen LogP contribution in [0.2, 0.25) is 0 Å². The van der Waals surface area contributed by atoms with Crippen LogP contribution >= 0.6 is 0 Å². The minimum Gasteiger partial charge on any atom is -0.497 e. The largest absolute Gasteiger partial charge is 0.497 e.